The number of carbonyl (C=O) groups is 1. The number of amides is 1. The summed E-state index contributed by atoms with van der Waals surface area (Å²) in [4.78, 5) is 16.9. The molecule has 0 aliphatic carbocycles. The molecule has 3 rings (SSSR count). The Morgan fingerprint density at radius 3 is 2.47 bits per heavy atom. The van der Waals surface area contributed by atoms with Gasteiger partial charge in [0.05, 0.1) is 11.5 Å². The lowest BCUT2D eigenvalue weighted by atomic mass is 10.1. The van der Waals surface area contributed by atoms with Crippen LogP contribution in [0, 0.1) is 13.8 Å². The minimum Gasteiger partial charge on any atom is -0.477 e. The lowest BCUT2D eigenvalue weighted by Gasteiger charge is -2.12. The van der Waals surface area contributed by atoms with Crippen molar-refractivity contribution < 1.29 is 17.9 Å². The van der Waals surface area contributed by atoms with E-state index < -0.39 is 10.0 Å². The molecule has 0 fully saturated rings. The number of rotatable bonds is 9. The van der Waals surface area contributed by atoms with Crippen molar-refractivity contribution in [1.82, 2.24) is 10.3 Å². The monoisotopic (exact) mass is 453 g/mol. The van der Waals surface area contributed by atoms with Crippen molar-refractivity contribution in [2.24, 2.45) is 0 Å². The lowest BCUT2D eigenvalue weighted by molar-refractivity contribution is 0.0950. The van der Waals surface area contributed by atoms with Gasteiger partial charge in [-0.3, -0.25) is 9.52 Å². The van der Waals surface area contributed by atoms with Crippen molar-refractivity contribution in [2.75, 3.05) is 11.3 Å². The molecule has 0 saturated heterocycles. The van der Waals surface area contributed by atoms with Crippen LogP contribution in [0.2, 0.25) is 0 Å². The zero-order chi connectivity index (χ0) is 23.1. The number of hydrogen-bond donors (Lipinski definition) is 2. The van der Waals surface area contributed by atoms with Gasteiger partial charge >= 0.3 is 0 Å². The fraction of sp³-hybridized carbons (Fsp3) is 0.250. The van der Waals surface area contributed by atoms with Gasteiger partial charge in [0.15, 0.2) is 0 Å². The average Bonchev–Trinajstić information content (AvgIpc) is 2.78. The number of hydrogen-bond acceptors (Lipinski definition) is 5. The van der Waals surface area contributed by atoms with Gasteiger partial charge in [-0.25, -0.2) is 13.4 Å². The molecule has 2 aromatic carbocycles. The first kappa shape index (κ1) is 23.3. The van der Waals surface area contributed by atoms with Crippen molar-refractivity contribution in [3.05, 3.63) is 83.0 Å². The number of pyridine rings is 1. The summed E-state index contributed by atoms with van der Waals surface area (Å²) in [6.07, 6.45) is 2.51. The number of benzene rings is 2. The van der Waals surface area contributed by atoms with Gasteiger partial charge in [0.25, 0.3) is 15.9 Å². The summed E-state index contributed by atoms with van der Waals surface area (Å²) in [5.74, 6) is 0.226. The Morgan fingerprint density at radius 2 is 1.78 bits per heavy atom. The van der Waals surface area contributed by atoms with Gasteiger partial charge < -0.3 is 10.1 Å². The number of nitrogens with one attached hydrogen (secondary N) is 2. The summed E-state index contributed by atoms with van der Waals surface area (Å²) >= 11 is 0. The van der Waals surface area contributed by atoms with E-state index in [1.54, 1.807) is 54.7 Å². The number of sulfonamides is 1. The Bertz CT molecular complexity index is 1190. The molecule has 0 unspecified atom stereocenters. The molecule has 0 saturated carbocycles. The molecule has 7 nitrogen and oxygen atoms in total. The molecule has 8 heteroatoms. The quantitative estimate of drug-likeness (QED) is 0.506. The molecule has 1 heterocycles. The Kier molecular flexibility index (Phi) is 7.48. The Balaban J connectivity index is 1.64. The Hall–Kier alpha value is -3.39. The molecule has 2 N–H and O–H groups in total. The first-order chi connectivity index (χ1) is 15.3. The molecule has 1 amide bonds. The third-order valence-electron chi connectivity index (χ3n) is 4.92. The van der Waals surface area contributed by atoms with E-state index in [2.05, 4.69) is 15.0 Å². The van der Waals surface area contributed by atoms with E-state index >= 15 is 0 Å². The summed E-state index contributed by atoms with van der Waals surface area (Å²) in [6.45, 7) is 6.63. The van der Waals surface area contributed by atoms with Crippen LogP contribution in [0.1, 0.15) is 40.4 Å². The number of nitrogens with zero attached hydrogens (tertiary/aromatic N) is 1. The highest BCUT2D eigenvalue weighted by Crippen LogP contribution is 2.20. The van der Waals surface area contributed by atoms with Crippen molar-refractivity contribution in [2.45, 2.75) is 38.6 Å². The highest BCUT2D eigenvalue weighted by atomic mass is 32.2. The maximum absolute atomic E-state index is 12.6. The molecule has 0 atom stereocenters. The number of aromatic nitrogens is 1. The van der Waals surface area contributed by atoms with Gasteiger partial charge in [0.1, 0.15) is 0 Å². The second-order valence-electron chi connectivity index (χ2n) is 7.43. The lowest BCUT2D eigenvalue weighted by Crippen LogP contribution is -2.23. The summed E-state index contributed by atoms with van der Waals surface area (Å²) in [5.41, 5.74) is 3.50. The molecule has 0 aliphatic rings. The minimum absolute atomic E-state index is 0.194. The van der Waals surface area contributed by atoms with Crippen molar-refractivity contribution in [3.8, 4) is 5.88 Å². The summed E-state index contributed by atoms with van der Waals surface area (Å²) in [6, 6.07) is 14.9. The summed E-state index contributed by atoms with van der Waals surface area (Å²) < 4.78 is 33.4. The first-order valence-corrected chi connectivity index (χ1v) is 11.8. The zero-order valence-corrected chi connectivity index (χ0v) is 19.2. The fourth-order valence-corrected chi connectivity index (χ4v) is 4.09. The van der Waals surface area contributed by atoms with E-state index in [-0.39, 0.29) is 17.3 Å². The second kappa shape index (κ2) is 10.3. The van der Waals surface area contributed by atoms with Gasteiger partial charge in [0, 0.05) is 29.6 Å². The maximum atomic E-state index is 12.6. The Labute approximate surface area is 188 Å². The first-order valence-electron chi connectivity index (χ1n) is 10.3. The van der Waals surface area contributed by atoms with Crippen LogP contribution in [0.4, 0.5) is 5.69 Å². The Morgan fingerprint density at radius 1 is 1.03 bits per heavy atom. The molecule has 0 bridgehead atoms. The highest BCUT2D eigenvalue weighted by molar-refractivity contribution is 7.92. The third-order valence-corrected chi connectivity index (χ3v) is 6.30. The van der Waals surface area contributed by atoms with E-state index in [4.69, 9.17) is 4.74 Å². The molecule has 0 aliphatic heterocycles. The largest absolute Gasteiger partial charge is 0.477 e. The molecule has 32 heavy (non-hydrogen) atoms. The van der Waals surface area contributed by atoms with Gasteiger partial charge in [-0.1, -0.05) is 19.1 Å². The van der Waals surface area contributed by atoms with E-state index in [1.807, 2.05) is 26.8 Å². The molecule has 1 aromatic heterocycles. The van der Waals surface area contributed by atoms with E-state index in [0.717, 1.165) is 23.1 Å². The SMILES string of the molecule is CCCOc1ncccc1CNC(=O)c1ccc(NS(=O)(=O)c2ccc(C)c(C)c2)cc1. The minimum atomic E-state index is -3.72. The van der Waals surface area contributed by atoms with Crippen LogP contribution in [0.5, 0.6) is 5.88 Å². The third kappa shape index (κ3) is 5.85. The molecule has 3 aromatic rings. The average molecular weight is 454 g/mol. The highest BCUT2D eigenvalue weighted by Gasteiger charge is 2.15. The molecular formula is C24H27N3O4S. The van der Waals surface area contributed by atoms with Gasteiger partial charge in [0.2, 0.25) is 5.88 Å². The van der Waals surface area contributed by atoms with E-state index in [1.165, 1.54) is 0 Å². The summed E-state index contributed by atoms with van der Waals surface area (Å²) in [5, 5.41) is 2.84. The van der Waals surface area contributed by atoms with Crippen LogP contribution in [0.25, 0.3) is 0 Å². The number of ether oxygens (including phenoxy) is 1. The van der Waals surface area contributed by atoms with Crippen molar-refractivity contribution in [1.29, 1.82) is 0 Å². The second-order valence-corrected chi connectivity index (χ2v) is 9.11. The normalized spacial score (nSPS) is 11.1. The number of aryl methyl sites for hydroxylation is 2. The topological polar surface area (TPSA) is 97.4 Å². The van der Waals surface area contributed by atoms with Crippen LogP contribution in [-0.2, 0) is 16.6 Å². The maximum Gasteiger partial charge on any atom is 0.261 e. The fourth-order valence-electron chi connectivity index (χ4n) is 2.95. The van der Waals surface area contributed by atoms with Crippen molar-refractivity contribution >= 4 is 21.6 Å². The van der Waals surface area contributed by atoms with E-state index in [0.29, 0.717) is 23.7 Å². The zero-order valence-electron chi connectivity index (χ0n) is 18.4. The van der Waals surface area contributed by atoms with Gasteiger partial charge in [-0.2, -0.15) is 0 Å². The predicted molar refractivity (Wildman–Crippen MR) is 124 cm³/mol. The molecule has 0 spiro atoms. The molecule has 0 radical (unpaired) electrons. The van der Waals surface area contributed by atoms with Crippen LogP contribution in [0.3, 0.4) is 0 Å². The molecular weight excluding hydrogens is 426 g/mol. The van der Waals surface area contributed by atoms with Crippen LogP contribution < -0.4 is 14.8 Å². The summed E-state index contributed by atoms with van der Waals surface area (Å²) in [7, 11) is -3.72. The van der Waals surface area contributed by atoms with E-state index in [9.17, 15) is 13.2 Å². The van der Waals surface area contributed by atoms with Crippen LogP contribution >= 0.6 is 0 Å². The standard InChI is InChI=1S/C24H27N3O4S/c1-4-14-31-24-20(6-5-13-25-24)16-26-23(28)19-8-10-21(11-9-19)27-32(29,30)22-12-7-17(2)18(3)15-22/h5-13,15,27H,4,14,16H2,1-3H3,(H,26,28). The number of anilines is 1. The smallest absolute Gasteiger partial charge is 0.261 e. The van der Waals surface area contributed by atoms with Gasteiger partial charge in [-0.05, 0) is 73.9 Å². The van der Waals surface area contributed by atoms with Crippen LogP contribution in [-0.4, -0.2) is 25.9 Å². The predicted octanol–water partition coefficient (Wildman–Crippen LogP) is 4.22. The number of carbonyl (C=O) groups excluding carboxylic acids is 1. The van der Waals surface area contributed by atoms with Crippen molar-refractivity contribution in [3.63, 3.8) is 0 Å². The molecule has 168 valence electrons. The van der Waals surface area contributed by atoms with Gasteiger partial charge in [-0.15, -0.1) is 0 Å². The van der Waals surface area contributed by atoms with Crippen LogP contribution in [0.15, 0.2) is 65.7 Å².